The van der Waals surface area contributed by atoms with Crippen LogP contribution in [-0.2, 0) is 65.7 Å². The van der Waals surface area contributed by atoms with E-state index in [-0.39, 0.29) is 33.0 Å². The van der Waals surface area contributed by atoms with Crippen LogP contribution in [-0.4, -0.2) is 95.8 Å². The van der Waals surface area contributed by atoms with Crippen LogP contribution < -0.4 is 0 Å². The number of carbonyl (C=O) groups is 6. The Balaban J connectivity index is 6.80. The van der Waals surface area contributed by atoms with Gasteiger partial charge in [-0.05, 0) is 47.2 Å². The van der Waals surface area contributed by atoms with Crippen LogP contribution >= 0.6 is 0 Å². The molecule has 0 N–H and O–H groups in total. The predicted octanol–water partition coefficient (Wildman–Crippen LogP) is 1.38. The van der Waals surface area contributed by atoms with Crippen molar-refractivity contribution >= 4 is 44.4 Å². The van der Waals surface area contributed by atoms with Gasteiger partial charge in [0.1, 0.15) is 5.78 Å². The number of carbonyl (C=O) groups excluding carboxylic acids is 6. The van der Waals surface area contributed by atoms with Gasteiger partial charge in [-0.1, -0.05) is 6.58 Å². The summed E-state index contributed by atoms with van der Waals surface area (Å²) in [6.45, 7) is 12.3. The van der Waals surface area contributed by atoms with Crippen molar-refractivity contribution in [3.63, 3.8) is 0 Å². The van der Waals surface area contributed by atoms with Crippen molar-refractivity contribution in [3.8, 4) is 0 Å². The average molecular weight is 593 g/mol. The molecule has 0 aromatic heterocycles. The fraction of sp³-hybridized carbons (Fsp3) is 0.680. The standard InChI is InChI=1S/C25H40O14Si/c1-8-32-21(27)15-19(24(30)35-11-4)38-40(13-6,37-18(14-17(7)26)23(29)34-10-3)39-20(25(31)36-12-5)16-22(28)33-9-2/h13,18-20H,6,8-12,14-16H2,1-5,7H3. The molecule has 0 aromatic rings. The second-order valence-corrected chi connectivity index (χ2v) is 10.1. The lowest BCUT2D eigenvalue weighted by Crippen LogP contribution is -2.56. The van der Waals surface area contributed by atoms with Crippen LogP contribution in [0.25, 0.3) is 0 Å². The Hall–Kier alpha value is -3.14. The summed E-state index contributed by atoms with van der Waals surface area (Å²) < 4.78 is 42.5. The van der Waals surface area contributed by atoms with Gasteiger partial charge in [-0.15, -0.1) is 0 Å². The van der Waals surface area contributed by atoms with Crippen molar-refractivity contribution in [2.24, 2.45) is 0 Å². The van der Waals surface area contributed by atoms with Gasteiger partial charge in [-0.2, -0.15) is 0 Å². The molecule has 0 spiro atoms. The zero-order chi connectivity index (χ0) is 30.7. The lowest BCUT2D eigenvalue weighted by atomic mass is 10.2. The van der Waals surface area contributed by atoms with Gasteiger partial charge in [-0.25, -0.2) is 14.4 Å². The average Bonchev–Trinajstić information content (AvgIpc) is 2.87. The Labute approximate surface area is 234 Å². The normalized spacial score (nSPS) is 14.4. The van der Waals surface area contributed by atoms with Crippen LogP contribution in [0, 0.1) is 0 Å². The summed E-state index contributed by atoms with van der Waals surface area (Å²) in [6, 6.07) is 0. The molecule has 0 amide bonds. The summed E-state index contributed by atoms with van der Waals surface area (Å²) >= 11 is 0. The molecule has 0 saturated carbocycles. The topological polar surface area (TPSA) is 176 Å². The fourth-order valence-corrected chi connectivity index (χ4v) is 5.23. The number of esters is 5. The molecular weight excluding hydrogens is 552 g/mol. The maximum absolute atomic E-state index is 12.8. The van der Waals surface area contributed by atoms with E-state index < -0.39 is 82.0 Å². The van der Waals surface area contributed by atoms with Crippen LogP contribution in [0.3, 0.4) is 0 Å². The third-order valence-electron chi connectivity index (χ3n) is 4.61. The highest BCUT2D eigenvalue weighted by molar-refractivity contribution is 6.66. The number of hydrogen-bond donors (Lipinski definition) is 0. The van der Waals surface area contributed by atoms with Crippen LogP contribution in [0.4, 0.5) is 0 Å². The molecule has 0 aliphatic rings. The third kappa shape index (κ3) is 13.8. The number of ketones is 1. The first-order valence-electron chi connectivity index (χ1n) is 12.9. The van der Waals surface area contributed by atoms with Crippen molar-refractivity contribution in [3.05, 3.63) is 12.3 Å². The number of hydrogen-bond acceptors (Lipinski definition) is 14. The fourth-order valence-electron chi connectivity index (χ4n) is 3.05. The SMILES string of the molecule is C=C[Si](OC(CC(C)=O)C(=O)OCC)(OC(CC(=O)OCC)C(=O)OCC)OC(CC(=O)OCC)C(=O)OCC. The molecule has 0 aliphatic heterocycles. The summed E-state index contributed by atoms with van der Waals surface area (Å²) in [4.78, 5) is 74.7. The van der Waals surface area contributed by atoms with Gasteiger partial charge in [0.25, 0.3) is 0 Å². The highest BCUT2D eigenvalue weighted by Crippen LogP contribution is 2.24. The first kappa shape index (κ1) is 36.9. The Kier molecular flexibility index (Phi) is 18.3. The zero-order valence-corrected chi connectivity index (χ0v) is 24.9. The Bertz CT molecular complexity index is 830. The van der Waals surface area contributed by atoms with E-state index in [4.69, 9.17) is 37.0 Å². The molecule has 15 heteroatoms. The van der Waals surface area contributed by atoms with E-state index in [1.165, 1.54) is 27.7 Å². The smallest absolute Gasteiger partial charge is 0.466 e. The molecule has 0 fully saturated rings. The third-order valence-corrected chi connectivity index (χ3v) is 6.94. The number of ether oxygens (including phenoxy) is 5. The second-order valence-electron chi connectivity index (χ2n) is 7.81. The van der Waals surface area contributed by atoms with E-state index in [1.54, 1.807) is 13.8 Å². The molecule has 0 saturated heterocycles. The summed E-state index contributed by atoms with van der Waals surface area (Å²) in [6.07, 6.45) is -6.89. The molecule has 0 bridgehead atoms. The highest BCUT2D eigenvalue weighted by atomic mass is 28.4. The first-order valence-corrected chi connectivity index (χ1v) is 14.7. The molecule has 0 rings (SSSR count). The monoisotopic (exact) mass is 592 g/mol. The van der Waals surface area contributed by atoms with Crippen LogP contribution in [0.2, 0.25) is 0 Å². The molecule has 0 aromatic carbocycles. The van der Waals surface area contributed by atoms with Crippen molar-refractivity contribution < 1.29 is 65.7 Å². The molecule has 14 nitrogen and oxygen atoms in total. The van der Waals surface area contributed by atoms with E-state index in [9.17, 15) is 28.8 Å². The van der Waals surface area contributed by atoms with E-state index in [0.717, 1.165) is 5.70 Å². The van der Waals surface area contributed by atoms with Gasteiger partial charge in [0.15, 0.2) is 18.3 Å². The molecule has 40 heavy (non-hydrogen) atoms. The van der Waals surface area contributed by atoms with Gasteiger partial charge in [0, 0.05) is 6.42 Å². The Morgan fingerprint density at radius 1 is 0.575 bits per heavy atom. The Morgan fingerprint density at radius 2 is 0.875 bits per heavy atom. The molecular formula is C25H40O14Si. The summed E-state index contributed by atoms with van der Waals surface area (Å²) in [5.41, 5.74) is 0.966. The van der Waals surface area contributed by atoms with Crippen LogP contribution in [0.5, 0.6) is 0 Å². The summed E-state index contributed by atoms with van der Waals surface area (Å²) in [5, 5.41) is 0. The molecule has 0 aliphatic carbocycles. The minimum absolute atomic E-state index is 0.000570. The maximum Gasteiger partial charge on any atom is 0.531 e. The maximum atomic E-state index is 12.8. The zero-order valence-electron chi connectivity index (χ0n) is 23.9. The number of Topliss-reactive ketones (excluding diaryl/α,β-unsaturated/α-hetero) is 1. The summed E-state index contributed by atoms with van der Waals surface area (Å²) in [7, 11) is -4.69. The predicted molar refractivity (Wildman–Crippen MR) is 138 cm³/mol. The summed E-state index contributed by atoms with van der Waals surface area (Å²) in [5.74, 6) is -5.16. The lowest BCUT2D eigenvalue weighted by molar-refractivity contribution is -0.168. The van der Waals surface area contributed by atoms with Gasteiger partial charge in [0.05, 0.1) is 45.9 Å². The molecule has 0 radical (unpaired) electrons. The van der Waals surface area contributed by atoms with Crippen molar-refractivity contribution in [1.82, 2.24) is 0 Å². The molecule has 0 heterocycles. The Morgan fingerprint density at radius 3 is 1.12 bits per heavy atom. The van der Waals surface area contributed by atoms with Crippen LogP contribution in [0.1, 0.15) is 60.8 Å². The largest absolute Gasteiger partial charge is 0.531 e. The minimum atomic E-state index is -4.69. The van der Waals surface area contributed by atoms with Crippen molar-refractivity contribution in [2.45, 2.75) is 79.1 Å². The molecule has 3 unspecified atom stereocenters. The molecule has 228 valence electrons. The van der Waals surface area contributed by atoms with Crippen molar-refractivity contribution in [2.75, 3.05) is 33.0 Å². The second kappa shape index (κ2) is 19.8. The van der Waals surface area contributed by atoms with E-state index >= 15 is 0 Å². The first-order chi connectivity index (χ1) is 18.9. The van der Waals surface area contributed by atoms with Gasteiger partial charge < -0.3 is 37.0 Å². The van der Waals surface area contributed by atoms with Gasteiger partial charge in [0.2, 0.25) is 0 Å². The van der Waals surface area contributed by atoms with Crippen LogP contribution in [0.15, 0.2) is 12.3 Å². The lowest BCUT2D eigenvalue weighted by Gasteiger charge is -2.34. The quantitative estimate of drug-likeness (QED) is 0.106. The van der Waals surface area contributed by atoms with E-state index in [2.05, 4.69) is 6.58 Å². The molecule has 3 atom stereocenters. The van der Waals surface area contributed by atoms with E-state index in [0.29, 0.717) is 0 Å². The van der Waals surface area contributed by atoms with E-state index in [1.807, 2.05) is 0 Å². The number of rotatable bonds is 21. The van der Waals surface area contributed by atoms with Gasteiger partial charge in [-0.3, -0.25) is 14.4 Å². The van der Waals surface area contributed by atoms with Gasteiger partial charge >= 0.3 is 38.7 Å². The van der Waals surface area contributed by atoms with Crippen molar-refractivity contribution in [1.29, 1.82) is 0 Å². The minimum Gasteiger partial charge on any atom is -0.466 e. The highest BCUT2D eigenvalue weighted by Gasteiger charge is 2.50.